The van der Waals surface area contributed by atoms with E-state index in [1.54, 1.807) is 24.3 Å². The van der Waals surface area contributed by atoms with Gasteiger partial charge in [-0.15, -0.1) is 0 Å². The quantitative estimate of drug-likeness (QED) is 0.411. The fraction of sp³-hybridized carbons (Fsp3) is 0.143. The van der Waals surface area contributed by atoms with Gasteiger partial charge in [0, 0.05) is 0 Å². The van der Waals surface area contributed by atoms with Crippen molar-refractivity contribution >= 4 is 20.2 Å². The van der Waals surface area contributed by atoms with Crippen molar-refractivity contribution in [2.75, 3.05) is 0 Å². The average Bonchev–Trinajstić information content (AvgIpc) is 2.38. The maximum Gasteiger partial charge on any atom is 1.00 e. The van der Waals surface area contributed by atoms with Gasteiger partial charge in [0.15, 0.2) is 0 Å². The molecule has 0 fully saturated rings. The predicted octanol–water partition coefficient (Wildman–Crippen LogP) is 1.79. The van der Waals surface area contributed by atoms with E-state index in [-0.39, 0.29) is 54.6 Å². The zero-order valence-corrected chi connectivity index (χ0v) is 17.1. The van der Waals surface area contributed by atoms with Gasteiger partial charge in [-0.2, -0.15) is 0 Å². The van der Waals surface area contributed by atoms with E-state index in [0.29, 0.717) is 0 Å². The van der Waals surface area contributed by atoms with Crippen LogP contribution in [0.25, 0.3) is 0 Å². The van der Waals surface area contributed by atoms with E-state index in [1.807, 2.05) is 13.8 Å². The average molecular weight is 558 g/mol. The molecule has 0 radical (unpaired) electrons. The first kappa shape index (κ1) is 26.0. The molecule has 0 saturated heterocycles. The molecule has 6 nitrogen and oxygen atoms in total. The number of hydrogen-bond donors (Lipinski definition) is 0. The van der Waals surface area contributed by atoms with Gasteiger partial charge in [0.05, 0.1) is 9.79 Å². The standard InChI is InChI=1S/2C7H8O3S.2Ag/c2*1-6-2-4-7(5-3-6)11(8,9)10;;/h2*2-5H,1H3,(H,8,9,10);;/q;;2*+1/p-2. The molecule has 0 saturated carbocycles. The van der Waals surface area contributed by atoms with Gasteiger partial charge in [-0.25, -0.2) is 16.8 Å². The predicted molar refractivity (Wildman–Crippen MR) is 78.3 cm³/mol. The maximum atomic E-state index is 10.4. The van der Waals surface area contributed by atoms with Crippen LogP contribution < -0.4 is 0 Å². The van der Waals surface area contributed by atoms with Crippen LogP contribution in [0.2, 0.25) is 0 Å². The molecule has 10 heteroatoms. The Bertz CT molecular complexity index is 756. The summed E-state index contributed by atoms with van der Waals surface area (Å²) in [6.07, 6.45) is 0. The molecule has 0 atom stereocenters. The van der Waals surface area contributed by atoms with Crippen molar-refractivity contribution in [1.82, 2.24) is 0 Å². The number of benzene rings is 2. The molecule has 140 valence electrons. The van der Waals surface area contributed by atoms with Gasteiger partial charge in [0.1, 0.15) is 20.2 Å². The zero-order chi connectivity index (χ0) is 17.0. The molecular weight excluding hydrogens is 544 g/mol. The minimum absolute atomic E-state index is 0. The molecule has 0 heterocycles. The van der Waals surface area contributed by atoms with E-state index in [0.717, 1.165) is 11.1 Å². The van der Waals surface area contributed by atoms with Gasteiger partial charge in [-0.3, -0.25) is 0 Å². The van der Waals surface area contributed by atoms with Crippen LogP contribution in [0.15, 0.2) is 58.3 Å². The van der Waals surface area contributed by atoms with Crippen LogP contribution >= 0.6 is 0 Å². The van der Waals surface area contributed by atoms with Crippen LogP contribution in [0.1, 0.15) is 11.1 Å². The molecule has 2 aromatic carbocycles. The van der Waals surface area contributed by atoms with Gasteiger partial charge in [-0.1, -0.05) is 35.4 Å². The van der Waals surface area contributed by atoms with Gasteiger partial charge < -0.3 is 9.11 Å². The minimum Gasteiger partial charge on any atom is -0.744 e. The van der Waals surface area contributed by atoms with Crippen molar-refractivity contribution in [3.63, 3.8) is 0 Å². The molecule has 0 unspecified atom stereocenters. The molecule has 0 spiro atoms. The van der Waals surface area contributed by atoms with E-state index in [2.05, 4.69) is 0 Å². The first-order chi connectivity index (χ1) is 10.00. The topological polar surface area (TPSA) is 114 Å². The summed E-state index contributed by atoms with van der Waals surface area (Å²) >= 11 is 0. The maximum absolute atomic E-state index is 10.4. The summed E-state index contributed by atoms with van der Waals surface area (Å²) in [7, 11) is -8.54. The third-order valence-corrected chi connectivity index (χ3v) is 4.32. The van der Waals surface area contributed by atoms with E-state index in [1.165, 1.54) is 24.3 Å². The molecule has 0 aliphatic rings. The van der Waals surface area contributed by atoms with Crippen LogP contribution in [0, 0.1) is 13.8 Å². The second kappa shape index (κ2) is 10.7. The van der Waals surface area contributed by atoms with Crippen molar-refractivity contribution in [2.24, 2.45) is 0 Å². The van der Waals surface area contributed by atoms with Crippen molar-refractivity contribution in [1.29, 1.82) is 0 Å². The van der Waals surface area contributed by atoms with E-state index < -0.39 is 20.2 Å². The normalized spacial score (nSPS) is 10.5. The Balaban J connectivity index is 0. The fourth-order valence-electron chi connectivity index (χ4n) is 1.41. The Hall–Kier alpha value is -0.259. The van der Waals surface area contributed by atoms with Crippen molar-refractivity contribution in [3.05, 3.63) is 59.7 Å². The van der Waals surface area contributed by atoms with Gasteiger partial charge in [0.2, 0.25) is 0 Å². The minimum atomic E-state index is -4.27. The summed E-state index contributed by atoms with van der Waals surface area (Å²) in [4.78, 5) is -0.355. The third kappa shape index (κ3) is 9.28. The zero-order valence-electron chi connectivity index (χ0n) is 12.5. The molecule has 2 rings (SSSR count). The molecule has 0 N–H and O–H groups in total. The third-order valence-electron chi connectivity index (χ3n) is 2.62. The summed E-state index contributed by atoms with van der Waals surface area (Å²) in [5, 5.41) is 0. The number of hydrogen-bond acceptors (Lipinski definition) is 6. The fourth-order valence-corrected chi connectivity index (χ4v) is 2.35. The first-order valence-corrected chi connectivity index (χ1v) is 8.87. The molecule has 0 aliphatic heterocycles. The molecule has 0 bridgehead atoms. The van der Waals surface area contributed by atoms with Crippen LogP contribution in [-0.2, 0) is 65.0 Å². The molecule has 0 amide bonds. The van der Waals surface area contributed by atoms with Crippen molar-refractivity contribution in [2.45, 2.75) is 23.6 Å². The molecule has 0 aromatic heterocycles. The molecule has 0 aliphatic carbocycles. The summed E-state index contributed by atoms with van der Waals surface area (Å²) in [6.45, 7) is 3.64. The summed E-state index contributed by atoms with van der Waals surface area (Å²) in [6, 6.07) is 11.6. The van der Waals surface area contributed by atoms with Crippen LogP contribution in [0.4, 0.5) is 0 Å². The Kier molecular flexibility index (Phi) is 11.5. The van der Waals surface area contributed by atoms with E-state index >= 15 is 0 Å². The molecule has 2 aromatic rings. The Morgan fingerprint density at radius 1 is 0.583 bits per heavy atom. The van der Waals surface area contributed by atoms with E-state index in [4.69, 9.17) is 0 Å². The SMILES string of the molecule is Cc1ccc(S(=O)(=O)[O-])cc1.Cc1ccc(S(=O)(=O)[O-])cc1.[Ag+].[Ag+]. The number of aryl methyl sites for hydroxylation is 2. The molecular formula is C14H14Ag2O6S2. The van der Waals surface area contributed by atoms with Crippen LogP contribution in [0.3, 0.4) is 0 Å². The van der Waals surface area contributed by atoms with Gasteiger partial charge >= 0.3 is 44.8 Å². The summed E-state index contributed by atoms with van der Waals surface area (Å²) < 4.78 is 62.3. The Morgan fingerprint density at radius 2 is 0.792 bits per heavy atom. The monoisotopic (exact) mass is 556 g/mol. The van der Waals surface area contributed by atoms with Crippen LogP contribution in [0.5, 0.6) is 0 Å². The second-order valence-corrected chi connectivity index (χ2v) is 7.29. The second-order valence-electron chi connectivity index (χ2n) is 4.53. The number of rotatable bonds is 2. The van der Waals surface area contributed by atoms with Crippen LogP contribution in [-0.4, -0.2) is 25.9 Å². The van der Waals surface area contributed by atoms with Gasteiger partial charge in [0.25, 0.3) is 0 Å². The summed E-state index contributed by atoms with van der Waals surface area (Å²) in [5.41, 5.74) is 1.86. The van der Waals surface area contributed by atoms with E-state index in [9.17, 15) is 25.9 Å². The smallest absolute Gasteiger partial charge is 0.744 e. The van der Waals surface area contributed by atoms with Crippen molar-refractivity contribution in [3.8, 4) is 0 Å². The molecule has 24 heavy (non-hydrogen) atoms. The Labute approximate surface area is 173 Å². The van der Waals surface area contributed by atoms with Crippen molar-refractivity contribution < 1.29 is 70.7 Å². The largest absolute Gasteiger partial charge is 1.00 e. The Morgan fingerprint density at radius 3 is 0.958 bits per heavy atom. The van der Waals surface area contributed by atoms with Gasteiger partial charge in [-0.05, 0) is 38.1 Å². The first-order valence-electron chi connectivity index (χ1n) is 6.05. The summed E-state index contributed by atoms with van der Waals surface area (Å²) in [5.74, 6) is 0.